The first-order valence-corrected chi connectivity index (χ1v) is 8.16. The molecule has 2 N–H and O–H groups in total. The smallest absolute Gasteiger partial charge is 0.335 e. The number of nitrogens with one attached hydrogen (secondary N) is 1. The molecule has 0 atom stereocenters. The summed E-state index contributed by atoms with van der Waals surface area (Å²) in [6.45, 7) is 0. The Morgan fingerprint density at radius 2 is 1.95 bits per heavy atom. The lowest BCUT2D eigenvalue weighted by Crippen LogP contribution is -2.13. The van der Waals surface area contributed by atoms with Gasteiger partial charge in [-0.05, 0) is 24.3 Å². The molecule has 0 fully saturated rings. The van der Waals surface area contributed by atoms with Crippen LogP contribution in [0, 0.1) is 0 Å². The molecule has 5 nitrogen and oxygen atoms in total. The van der Waals surface area contributed by atoms with Gasteiger partial charge in [0.2, 0.25) is 0 Å². The van der Waals surface area contributed by atoms with Gasteiger partial charge in [-0.3, -0.25) is 4.72 Å². The number of anilines is 1. The van der Waals surface area contributed by atoms with Gasteiger partial charge in [-0.25, -0.2) is 13.2 Å². The van der Waals surface area contributed by atoms with Crippen molar-refractivity contribution in [1.82, 2.24) is 0 Å². The highest BCUT2D eigenvalue weighted by molar-refractivity contribution is 7.93. The molecule has 9 heteroatoms. The van der Waals surface area contributed by atoms with Crippen molar-refractivity contribution in [1.29, 1.82) is 0 Å². The van der Waals surface area contributed by atoms with Gasteiger partial charge in [-0.15, -0.1) is 11.3 Å². The Bertz CT molecular complexity index is 770. The topological polar surface area (TPSA) is 83.5 Å². The Hall–Kier alpha value is -1.28. The minimum absolute atomic E-state index is 0.0281. The third kappa shape index (κ3) is 3.24. The predicted octanol–water partition coefficient (Wildman–Crippen LogP) is 3.55. The van der Waals surface area contributed by atoms with Crippen LogP contribution in [0.4, 0.5) is 5.69 Å². The van der Waals surface area contributed by atoms with Crippen LogP contribution in [-0.2, 0) is 10.0 Å². The van der Waals surface area contributed by atoms with Crippen molar-refractivity contribution in [3.63, 3.8) is 0 Å². The van der Waals surface area contributed by atoms with Crippen molar-refractivity contribution in [2.75, 3.05) is 4.72 Å². The highest BCUT2D eigenvalue weighted by atomic mass is 35.5. The number of benzene rings is 1. The summed E-state index contributed by atoms with van der Waals surface area (Å²) in [6.07, 6.45) is 0. The third-order valence-electron chi connectivity index (χ3n) is 2.28. The van der Waals surface area contributed by atoms with Crippen molar-refractivity contribution < 1.29 is 18.3 Å². The van der Waals surface area contributed by atoms with E-state index in [1.165, 1.54) is 30.3 Å². The Morgan fingerprint density at radius 1 is 1.25 bits per heavy atom. The molecule has 0 aliphatic carbocycles. The van der Waals surface area contributed by atoms with Crippen LogP contribution in [0.3, 0.4) is 0 Å². The molecule has 0 saturated carbocycles. The fraction of sp³-hybridized carbons (Fsp3) is 0. The van der Waals surface area contributed by atoms with Gasteiger partial charge < -0.3 is 5.11 Å². The van der Waals surface area contributed by atoms with Gasteiger partial charge in [0.15, 0.2) is 0 Å². The molecule has 2 aromatic rings. The van der Waals surface area contributed by atoms with E-state index >= 15 is 0 Å². The van der Waals surface area contributed by atoms with E-state index in [0.29, 0.717) is 0 Å². The lowest BCUT2D eigenvalue weighted by molar-refractivity contribution is 0.0697. The highest BCUT2D eigenvalue weighted by Crippen LogP contribution is 2.35. The van der Waals surface area contributed by atoms with Gasteiger partial charge in [0.1, 0.15) is 9.23 Å². The first kappa shape index (κ1) is 15.1. The number of hydrogen-bond donors (Lipinski definition) is 2. The minimum Gasteiger partial charge on any atom is -0.478 e. The minimum atomic E-state index is -3.91. The van der Waals surface area contributed by atoms with E-state index in [0.717, 1.165) is 11.3 Å². The summed E-state index contributed by atoms with van der Waals surface area (Å²) >= 11 is 12.4. The van der Waals surface area contributed by atoms with Gasteiger partial charge >= 0.3 is 5.97 Å². The average Bonchev–Trinajstić information content (AvgIpc) is 2.69. The molecule has 0 aliphatic rings. The summed E-state index contributed by atoms with van der Waals surface area (Å²) in [5.41, 5.74) is 0.0999. The van der Waals surface area contributed by atoms with Crippen LogP contribution in [0.15, 0.2) is 35.2 Å². The van der Waals surface area contributed by atoms with E-state index in [1.807, 2.05) is 0 Å². The van der Waals surface area contributed by atoms with Crippen LogP contribution in [-0.4, -0.2) is 19.5 Å². The van der Waals surface area contributed by atoms with Crippen molar-refractivity contribution in [2.24, 2.45) is 0 Å². The van der Waals surface area contributed by atoms with E-state index in [1.54, 1.807) is 0 Å². The Morgan fingerprint density at radius 3 is 2.50 bits per heavy atom. The van der Waals surface area contributed by atoms with E-state index in [-0.39, 0.29) is 24.8 Å². The molecule has 1 aromatic carbocycles. The number of hydrogen-bond acceptors (Lipinski definition) is 4. The number of sulfonamides is 1. The summed E-state index contributed by atoms with van der Waals surface area (Å²) in [6, 6.07) is 6.67. The maximum absolute atomic E-state index is 12.1. The molecule has 20 heavy (non-hydrogen) atoms. The van der Waals surface area contributed by atoms with Crippen LogP contribution in [0.2, 0.25) is 8.67 Å². The zero-order valence-electron chi connectivity index (χ0n) is 9.63. The summed E-state index contributed by atoms with van der Waals surface area (Å²) in [5.74, 6) is -1.15. The maximum Gasteiger partial charge on any atom is 0.335 e. The van der Waals surface area contributed by atoms with E-state index < -0.39 is 16.0 Å². The lowest BCUT2D eigenvalue weighted by atomic mass is 10.2. The number of aromatic carboxylic acids is 1. The Kier molecular flexibility index (Phi) is 4.24. The molecule has 2 rings (SSSR count). The van der Waals surface area contributed by atoms with Crippen LogP contribution in [0.5, 0.6) is 0 Å². The van der Waals surface area contributed by atoms with Crippen molar-refractivity contribution in [3.05, 3.63) is 44.6 Å². The summed E-state index contributed by atoms with van der Waals surface area (Å²) in [5, 5.41) is 8.86. The molecular weight excluding hydrogens is 345 g/mol. The number of carbonyl (C=O) groups is 1. The SMILES string of the molecule is O=C(O)c1cccc(NS(=O)(=O)c2cc(Cl)sc2Cl)c1. The zero-order chi connectivity index (χ0) is 14.9. The zero-order valence-corrected chi connectivity index (χ0v) is 12.8. The molecular formula is C11H7Cl2NO4S2. The quantitative estimate of drug-likeness (QED) is 0.881. The second-order valence-corrected chi connectivity index (χ2v) is 7.62. The normalized spacial score (nSPS) is 11.3. The molecule has 0 bridgehead atoms. The number of carboxylic acids is 1. The maximum atomic E-state index is 12.1. The fourth-order valence-corrected chi connectivity index (χ4v) is 4.63. The molecule has 0 radical (unpaired) electrons. The lowest BCUT2D eigenvalue weighted by Gasteiger charge is -2.07. The third-order valence-corrected chi connectivity index (χ3v) is 5.41. The van der Waals surface area contributed by atoms with Gasteiger partial charge in [-0.1, -0.05) is 29.3 Å². The van der Waals surface area contributed by atoms with Gasteiger partial charge in [0.25, 0.3) is 10.0 Å². The van der Waals surface area contributed by atoms with Gasteiger partial charge in [0.05, 0.1) is 9.90 Å². The number of thiophene rings is 1. The second-order valence-electron chi connectivity index (χ2n) is 3.68. The van der Waals surface area contributed by atoms with Crippen LogP contribution in [0.1, 0.15) is 10.4 Å². The second kappa shape index (κ2) is 5.61. The van der Waals surface area contributed by atoms with Crippen molar-refractivity contribution in [2.45, 2.75) is 4.90 Å². The molecule has 1 aromatic heterocycles. The fourth-order valence-electron chi connectivity index (χ4n) is 1.43. The van der Waals surface area contributed by atoms with Crippen LogP contribution >= 0.6 is 34.5 Å². The van der Waals surface area contributed by atoms with Crippen LogP contribution < -0.4 is 4.72 Å². The largest absolute Gasteiger partial charge is 0.478 e. The van der Waals surface area contributed by atoms with Crippen molar-refractivity contribution in [3.8, 4) is 0 Å². The van der Waals surface area contributed by atoms with Crippen LogP contribution in [0.25, 0.3) is 0 Å². The summed E-state index contributed by atoms with van der Waals surface area (Å²) in [7, 11) is -3.91. The predicted molar refractivity (Wildman–Crippen MR) is 78.5 cm³/mol. The molecule has 0 unspecified atom stereocenters. The molecule has 0 amide bonds. The van der Waals surface area contributed by atoms with Gasteiger partial charge in [-0.2, -0.15) is 0 Å². The first-order chi connectivity index (χ1) is 9.29. The summed E-state index contributed by atoms with van der Waals surface area (Å²) in [4.78, 5) is 10.7. The average molecular weight is 352 g/mol. The first-order valence-electron chi connectivity index (χ1n) is 5.10. The van der Waals surface area contributed by atoms with Gasteiger partial charge in [0, 0.05) is 5.69 Å². The highest BCUT2D eigenvalue weighted by Gasteiger charge is 2.21. The van der Waals surface area contributed by atoms with E-state index in [9.17, 15) is 13.2 Å². The molecule has 106 valence electrons. The van der Waals surface area contributed by atoms with E-state index in [4.69, 9.17) is 28.3 Å². The van der Waals surface area contributed by atoms with E-state index in [2.05, 4.69) is 4.72 Å². The number of rotatable bonds is 4. The summed E-state index contributed by atoms with van der Waals surface area (Å²) < 4.78 is 26.8. The molecule has 1 heterocycles. The Labute approximate surface area is 128 Å². The molecule has 0 aliphatic heterocycles. The Balaban J connectivity index is 2.36. The standard InChI is InChI=1S/C11H7Cl2NO4S2/c12-9-5-8(10(13)19-9)20(17,18)14-7-3-1-2-6(4-7)11(15)16/h1-5,14H,(H,15,16). The van der Waals surface area contributed by atoms with Crippen molar-refractivity contribution >= 4 is 56.2 Å². The molecule has 0 spiro atoms. The number of halogens is 2. The number of carboxylic acid groups (broad SMARTS) is 1. The molecule has 0 saturated heterocycles. The monoisotopic (exact) mass is 351 g/mol.